The maximum atomic E-state index is 14.5. The van der Waals surface area contributed by atoms with E-state index in [4.69, 9.17) is 9.47 Å². The highest BCUT2D eigenvalue weighted by molar-refractivity contribution is 9.09. The molecule has 3 unspecified atom stereocenters. The predicted molar refractivity (Wildman–Crippen MR) is 147 cm³/mol. The van der Waals surface area contributed by atoms with Crippen molar-refractivity contribution in [1.82, 2.24) is 9.80 Å². The van der Waals surface area contributed by atoms with Crippen LogP contribution >= 0.6 is 15.9 Å². The third-order valence-corrected chi connectivity index (χ3v) is 8.91. The van der Waals surface area contributed by atoms with E-state index in [2.05, 4.69) is 29.1 Å². The first-order chi connectivity index (χ1) is 18.2. The quantitative estimate of drug-likeness (QED) is 0.314. The van der Waals surface area contributed by atoms with Gasteiger partial charge in [0.15, 0.2) is 0 Å². The first-order valence-corrected chi connectivity index (χ1v) is 13.8. The summed E-state index contributed by atoms with van der Waals surface area (Å²) >= 11 is 3.69. The molecular weight excluding hydrogens is 554 g/mol. The molecule has 4 rings (SSSR count). The standard InChI is InChI=1S/C28H36BrN3O6/c1-6-13-30(4)25(34)21-22-26(35)32(17(8-3)16-33)24(28(22)15-20(29)23(21)38-28)27(36)31(14-7-2)18-9-11-19(37-5)12-10-18/h6-7,9-12,17,20-24,33H,1-2,8,13-16H2,3-5H3/t17-,20?,21+,22-,23+,24?,28?/m0/s1. The van der Waals surface area contributed by atoms with E-state index in [1.54, 1.807) is 55.5 Å². The number of methoxy groups -OCH3 is 1. The lowest BCUT2D eigenvalue weighted by molar-refractivity contribution is -0.146. The fourth-order valence-corrected chi connectivity index (χ4v) is 7.28. The summed E-state index contributed by atoms with van der Waals surface area (Å²) in [6.45, 7) is 9.63. The largest absolute Gasteiger partial charge is 0.497 e. The molecule has 1 spiro atoms. The van der Waals surface area contributed by atoms with Gasteiger partial charge in [-0.3, -0.25) is 14.4 Å². The van der Waals surface area contributed by atoms with Crippen LogP contribution in [0.4, 0.5) is 5.69 Å². The van der Waals surface area contributed by atoms with Crippen molar-refractivity contribution in [2.24, 2.45) is 11.8 Å². The molecule has 38 heavy (non-hydrogen) atoms. The third kappa shape index (κ3) is 4.36. The van der Waals surface area contributed by atoms with Crippen molar-refractivity contribution < 1.29 is 29.0 Å². The van der Waals surface area contributed by atoms with Crippen LogP contribution in [-0.2, 0) is 19.1 Å². The number of likely N-dealkylation sites (tertiary alicyclic amines) is 1. The number of nitrogens with zero attached hydrogens (tertiary/aromatic N) is 3. The topological polar surface area (TPSA) is 99.6 Å². The summed E-state index contributed by atoms with van der Waals surface area (Å²) in [6.07, 6.45) is 3.53. The van der Waals surface area contributed by atoms with E-state index in [1.165, 1.54) is 9.80 Å². The Morgan fingerprint density at radius 1 is 1.26 bits per heavy atom. The van der Waals surface area contributed by atoms with Crippen LogP contribution < -0.4 is 9.64 Å². The molecule has 0 radical (unpaired) electrons. The highest BCUT2D eigenvalue weighted by Gasteiger charge is 2.77. The van der Waals surface area contributed by atoms with Gasteiger partial charge in [0.05, 0.1) is 37.7 Å². The summed E-state index contributed by atoms with van der Waals surface area (Å²) < 4.78 is 11.8. The second kappa shape index (κ2) is 11.2. The highest BCUT2D eigenvalue weighted by atomic mass is 79.9. The van der Waals surface area contributed by atoms with Crippen molar-refractivity contribution in [3.05, 3.63) is 49.6 Å². The number of aliphatic hydroxyl groups is 1. The normalized spacial score (nSPS) is 30.1. The van der Waals surface area contributed by atoms with E-state index in [0.717, 1.165) is 0 Å². The van der Waals surface area contributed by atoms with E-state index in [1.807, 2.05) is 6.92 Å². The van der Waals surface area contributed by atoms with Gasteiger partial charge >= 0.3 is 0 Å². The number of benzene rings is 1. The van der Waals surface area contributed by atoms with E-state index >= 15 is 0 Å². The average Bonchev–Trinajstić information content (AvgIpc) is 3.51. The van der Waals surface area contributed by atoms with E-state index in [9.17, 15) is 19.5 Å². The van der Waals surface area contributed by atoms with E-state index in [0.29, 0.717) is 30.8 Å². The van der Waals surface area contributed by atoms with Crippen molar-refractivity contribution in [2.45, 2.75) is 48.4 Å². The van der Waals surface area contributed by atoms with Crippen molar-refractivity contribution in [3.8, 4) is 5.75 Å². The van der Waals surface area contributed by atoms with Gasteiger partial charge in [-0.25, -0.2) is 0 Å². The van der Waals surface area contributed by atoms with Gasteiger partial charge in [0, 0.05) is 30.7 Å². The summed E-state index contributed by atoms with van der Waals surface area (Å²) in [7, 11) is 3.24. The first kappa shape index (κ1) is 28.3. The number of ether oxygens (including phenoxy) is 2. The molecule has 0 aromatic heterocycles. The molecule has 3 saturated heterocycles. The predicted octanol–water partition coefficient (Wildman–Crippen LogP) is 2.38. The SMILES string of the molecule is C=CCN(C)C(=O)[C@H]1[C@@H]2OC3(CC2Br)C(C(=O)N(CC=C)c2ccc(OC)cc2)N([C@@H](CC)CO)C(=O)[C@H]13. The number of likely N-dealkylation sites (N-methyl/N-ethyl adjacent to an activating group) is 1. The number of anilines is 1. The van der Waals surface area contributed by atoms with Gasteiger partial charge in [0.25, 0.3) is 5.91 Å². The minimum atomic E-state index is -1.21. The highest BCUT2D eigenvalue weighted by Crippen LogP contribution is 2.61. The van der Waals surface area contributed by atoms with Gasteiger partial charge in [0.1, 0.15) is 17.4 Å². The lowest BCUT2D eigenvalue weighted by Gasteiger charge is -2.39. The molecule has 3 aliphatic rings. The molecule has 2 bridgehead atoms. The Morgan fingerprint density at radius 2 is 1.92 bits per heavy atom. The smallest absolute Gasteiger partial charge is 0.253 e. The molecule has 1 aromatic carbocycles. The van der Waals surface area contributed by atoms with Crippen LogP contribution in [0, 0.1) is 11.8 Å². The lowest BCUT2D eigenvalue weighted by Crippen LogP contribution is -2.59. The summed E-state index contributed by atoms with van der Waals surface area (Å²) in [4.78, 5) is 46.6. The number of carbonyl (C=O) groups is 3. The van der Waals surface area contributed by atoms with Crippen LogP contribution in [0.25, 0.3) is 0 Å². The van der Waals surface area contributed by atoms with Crippen molar-refractivity contribution in [1.29, 1.82) is 0 Å². The van der Waals surface area contributed by atoms with Gasteiger partial charge in [-0.2, -0.15) is 0 Å². The third-order valence-electron chi connectivity index (χ3n) is 8.06. The van der Waals surface area contributed by atoms with Crippen molar-refractivity contribution in [2.75, 3.05) is 38.8 Å². The molecule has 3 amide bonds. The summed E-state index contributed by atoms with van der Waals surface area (Å²) in [5.74, 6) is -1.83. The Balaban J connectivity index is 1.82. The maximum absolute atomic E-state index is 14.5. The molecule has 1 N–H and O–H groups in total. The van der Waals surface area contributed by atoms with E-state index < -0.39 is 35.6 Å². The Labute approximate surface area is 232 Å². The van der Waals surface area contributed by atoms with Gasteiger partial charge in [-0.1, -0.05) is 35.0 Å². The first-order valence-electron chi connectivity index (χ1n) is 12.9. The molecule has 9 nitrogen and oxygen atoms in total. The van der Waals surface area contributed by atoms with Crippen LogP contribution in [0.3, 0.4) is 0 Å². The Bertz CT molecular complexity index is 1090. The molecule has 10 heteroatoms. The van der Waals surface area contributed by atoms with Crippen LogP contribution in [0.15, 0.2) is 49.6 Å². The number of alkyl halides is 1. The number of aliphatic hydroxyl groups excluding tert-OH is 1. The minimum absolute atomic E-state index is 0.200. The molecule has 3 aliphatic heterocycles. The molecular formula is C28H36BrN3O6. The molecule has 7 atom stereocenters. The van der Waals surface area contributed by atoms with Crippen LogP contribution in [0.5, 0.6) is 5.75 Å². The molecule has 3 heterocycles. The molecule has 1 aromatic rings. The number of hydrogen-bond donors (Lipinski definition) is 1. The fourth-order valence-electron chi connectivity index (χ4n) is 6.34. The summed E-state index contributed by atoms with van der Waals surface area (Å²) in [5.41, 5.74) is -0.599. The van der Waals surface area contributed by atoms with E-state index in [-0.39, 0.29) is 35.7 Å². The number of hydrogen-bond acceptors (Lipinski definition) is 6. The lowest BCUT2D eigenvalue weighted by atomic mass is 9.70. The second-order valence-corrected chi connectivity index (χ2v) is 11.3. The van der Waals surface area contributed by atoms with Crippen molar-refractivity contribution >= 4 is 39.3 Å². The number of amides is 3. The number of halogens is 1. The molecule has 0 aliphatic carbocycles. The van der Waals surface area contributed by atoms with Gasteiger partial charge in [-0.05, 0) is 37.1 Å². The Kier molecular flexibility index (Phi) is 8.34. The van der Waals surface area contributed by atoms with Crippen LogP contribution in [-0.4, -0.2) is 95.1 Å². The Morgan fingerprint density at radius 3 is 2.47 bits per heavy atom. The molecule has 3 fully saturated rings. The van der Waals surface area contributed by atoms with Crippen LogP contribution in [0.2, 0.25) is 0 Å². The number of carbonyl (C=O) groups excluding carboxylic acids is 3. The van der Waals surface area contributed by atoms with Gasteiger partial charge in [0.2, 0.25) is 11.8 Å². The second-order valence-electron chi connectivity index (χ2n) is 10.1. The summed E-state index contributed by atoms with van der Waals surface area (Å²) in [5, 5.41) is 10.3. The average molecular weight is 591 g/mol. The van der Waals surface area contributed by atoms with Gasteiger partial charge in [-0.15, -0.1) is 13.2 Å². The molecule has 206 valence electrons. The van der Waals surface area contributed by atoms with Crippen LogP contribution in [0.1, 0.15) is 19.8 Å². The molecule has 0 saturated carbocycles. The maximum Gasteiger partial charge on any atom is 0.253 e. The number of rotatable bonds is 11. The zero-order chi connectivity index (χ0) is 27.8. The Hall–Kier alpha value is -2.69. The van der Waals surface area contributed by atoms with Crippen molar-refractivity contribution in [3.63, 3.8) is 0 Å². The zero-order valence-electron chi connectivity index (χ0n) is 22.1. The number of fused-ring (bicyclic) bond motifs is 1. The monoisotopic (exact) mass is 589 g/mol. The zero-order valence-corrected chi connectivity index (χ0v) is 23.7. The fraction of sp³-hybridized carbons (Fsp3) is 0.536. The summed E-state index contributed by atoms with van der Waals surface area (Å²) in [6, 6.07) is 5.45. The van der Waals surface area contributed by atoms with Gasteiger partial charge < -0.3 is 29.3 Å². The minimum Gasteiger partial charge on any atom is -0.497 e.